The van der Waals surface area contributed by atoms with Crippen LogP contribution in [0.1, 0.15) is 12.8 Å². The van der Waals surface area contributed by atoms with Crippen LogP contribution in [0.5, 0.6) is 5.75 Å². The number of fused-ring (bicyclic) bond motifs is 1. The SMILES string of the molecule is Cl.O=C(COc1ccc2cc(Br)ccc2c1)NCC1CCCN1. The van der Waals surface area contributed by atoms with Gasteiger partial charge in [0.1, 0.15) is 5.75 Å². The van der Waals surface area contributed by atoms with E-state index in [1.807, 2.05) is 30.3 Å². The quantitative estimate of drug-likeness (QED) is 0.811. The summed E-state index contributed by atoms with van der Waals surface area (Å²) in [7, 11) is 0. The third-order valence-electron chi connectivity index (χ3n) is 3.85. The molecule has 1 fully saturated rings. The van der Waals surface area contributed by atoms with Crippen molar-refractivity contribution in [3.8, 4) is 5.75 Å². The second kappa shape index (κ2) is 8.52. The molecule has 1 aliphatic rings. The zero-order valence-electron chi connectivity index (χ0n) is 12.7. The summed E-state index contributed by atoms with van der Waals surface area (Å²) < 4.78 is 6.63. The number of rotatable bonds is 5. The Bertz CT molecular complexity index is 675. The van der Waals surface area contributed by atoms with Gasteiger partial charge >= 0.3 is 0 Å². The van der Waals surface area contributed by atoms with Crippen LogP contribution in [0.3, 0.4) is 0 Å². The largest absolute Gasteiger partial charge is 0.484 e. The Morgan fingerprint density at radius 1 is 1.26 bits per heavy atom. The Hall–Kier alpha value is -1.30. The molecule has 0 spiro atoms. The summed E-state index contributed by atoms with van der Waals surface area (Å²) in [4.78, 5) is 11.8. The molecular weight excluding hydrogens is 380 g/mol. The molecule has 0 bridgehead atoms. The van der Waals surface area contributed by atoms with E-state index >= 15 is 0 Å². The Kier molecular flexibility index (Phi) is 6.69. The summed E-state index contributed by atoms with van der Waals surface area (Å²) in [6.07, 6.45) is 2.31. The molecule has 6 heteroatoms. The molecule has 4 nitrogen and oxygen atoms in total. The van der Waals surface area contributed by atoms with Crippen molar-refractivity contribution >= 4 is 45.0 Å². The first-order valence-electron chi connectivity index (χ1n) is 7.53. The summed E-state index contributed by atoms with van der Waals surface area (Å²) in [6.45, 7) is 1.77. The van der Waals surface area contributed by atoms with Crippen LogP contribution in [-0.2, 0) is 4.79 Å². The summed E-state index contributed by atoms with van der Waals surface area (Å²) >= 11 is 3.46. The number of carbonyl (C=O) groups is 1. The zero-order chi connectivity index (χ0) is 15.4. The lowest BCUT2D eigenvalue weighted by Crippen LogP contribution is -2.39. The van der Waals surface area contributed by atoms with Gasteiger partial charge in [0.25, 0.3) is 5.91 Å². The number of hydrogen-bond donors (Lipinski definition) is 2. The van der Waals surface area contributed by atoms with Crippen molar-refractivity contribution in [2.24, 2.45) is 0 Å². The van der Waals surface area contributed by atoms with Gasteiger partial charge in [0.05, 0.1) is 0 Å². The van der Waals surface area contributed by atoms with Gasteiger partial charge in [-0.25, -0.2) is 0 Å². The van der Waals surface area contributed by atoms with Gasteiger partial charge in [-0.1, -0.05) is 28.1 Å². The van der Waals surface area contributed by atoms with Gasteiger partial charge in [-0.2, -0.15) is 0 Å². The molecule has 0 saturated carbocycles. The van der Waals surface area contributed by atoms with Crippen molar-refractivity contribution in [1.29, 1.82) is 0 Å². The van der Waals surface area contributed by atoms with Crippen molar-refractivity contribution in [1.82, 2.24) is 10.6 Å². The number of halogens is 2. The fourth-order valence-corrected chi connectivity index (χ4v) is 3.03. The Morgan fingerprint density at radius 2 is 2.04 bits per heavy atom. The number of carbonyl (C=O) groups excluding carboxylic acids is 1. The van der Waals surface area contributed by atoms with E-state index in [4.69, 9.17) is 4.74 Å². The predicted molar refractivity (Wildman–Crippen MR) is 98.4 cm³/mol. The van der Waals surface area contributed by atoms with Crippen molar-refractivity contribution in [3.05, 3.63) is 40.9 Å². The van der Waals surface area contributed by atoms with E-state index in [-0.39, 0.29) is 24.9 Å². The molecule has 1 aliphatic heterocycles. The van der Waals surface area contributed by atoms with Gasteiger partial charge < -0.3 is 15.4 Å². The Balaban J connectivity index is 0.00000192. The summed E-state index contributed by atoms with van der Waals surface area (Å²) in [5.74, 6) is 0.633. The van der Waals surface area contributed by atoms with Crippen LogP contribution >= 0.6 is 28.3 Å². The van der Waals surface area contributed by atoms with Crippen LogP contribution in [0.4, 0.5) is 0 Å². The smallest absolute Gasteiger partial charge is 0.257 e. The lowest BCUT2D eigenvalue weighted by molar-refractivity contribution is -0.123. The minimum Gasteiger partial charge on any atom is -0.484 e. The summed E-state index contributed by atoms with van der Waals surface area (Å²) in [5, 5.41) is 8.49. The monoisotopic (exact) mass is 398 g/mol. The molecule has 0 aliphatic carbocycles. The van der Waals surface area contributed by atoms with Crippen LogP contribution in [0.25, 0.3) is 10.8 Å². The highest BCUT2D eigenvalue weighted by molar-refractivity contribution is 9.10. The van der Waals surface area contributed by atoms with Crippen molar-refractivity contribution in [3.63, 3.8) is 0 Å². The third-order valence-corrected chi connectivity index (χ3v) is 4.34. The maximum absolute atomic E-state index is 11.8. The molecule has 3 rings (SSSR count). The molecule has 23 heavy (non-hydrogen) atoms. The van der Waals surface area contributed by atoms with E-state index in [1.165, 1.54) is 6.42 Å². The number of nitrogens with one attached hydrogen (secondary N) is 2. The van der Waals surface area contributed by atoms with Gasteiger partial charge in [0, 0.05) is 17.1 Å². The van der Waals surface area contributed by atoms with Crippen molar-refractivity contribution < 1.29 is 9.53 Å². The highest BCUT2D eigenvalue weighted by atomic mass is 79.9. The van der Waals surface area contributed by atoms with E-state index in [0.29, 0.717) is 18.3 Å². The molecule has 1 atom stereocenters. The second-order valence-electron chi connectivity index (χ2n) is 5.54. The second-order valence-corrected chi connectivity index (χ2v) is 6.45. The minimum atomic E-state index is -0.0791. The van der Waals surface area contributed by atoms with Crippen LogP contribution in [0.15, 0.2) is 40.9 Å². The molecule has 1 unspecified atom stereocenters. The number of benzene rings is 2. The molecule has 0 aromatic heterocycles. The van der Waals surface area contributed by atoms with Crippen molar-refractivity contribution in [2.45, 2.75) is 18.9 Å². The molecule has 0 radical (unpaired) electrons. The van der Waals surface area contributed by atoms with Crippen molar-refractivity contribution in [2.75, 3.05) is 19.7 Å². The first-order chi connectivity index (χ1) is 10.7. The lowest BCUT2D eigenvalue weighted by atomic mass is 10.1. The normalized spacial score (nSPS) is 16.8. The van der Waals surface area contributed by atoms with E-state index in [2.05, 4.69) is 32.6 Å². The van der Waals surface area contributed by atoms with Gasteiger partial charge in [-0.3, -0.25) is 4.79 Å². The Morgan fingerprint density at radius 3 is 2.83 bits per heavy atom. The average Bonchev–Trinajstić information content (AvgIpc) is 3.04. The van der Waals surface area contributed by atoms with Gasteiger partial charge in [-0.15, -0.1) is 12.4 Å². The maximum atomic E-state index is 11.8. The van der Waals surface area contributed by atoms with E-state index in [9.17, 15) is 4.79 Å². The predicted octanol–water partition coefficient (Wildman–Crippen LogP) is 3.27. The average molecular weight is 400 g/mol. The van der Waals surface area contributed by atoms with E-state index in [1.54, 1.807) is 0 Å². The summed E-state index contributed by atoms with van der Waals surface area (Å²) in [5.41, 5.74) is 0. The van der Waals surface area contributed by atoms with Crippen LogP contribution in [0, 0.1) is 0 Å². The first kappa shape index (κ1) is 18.0. The van der Waals surface area contributed by atoms with Gasteiger partial charge in [-0.05, 0) is 54.4 Å². The standard InChI is InChI=1S/C17H19BrN2O2.ClH/c18-14-5-3-13-9-16(6-4-12(13)8-14)22-11-17(21)20-10-15-2-1-7-19-15;/h3-6,8-9,15,19H,1-2,7,10-11H2,(H,20,21);1H. The molecule has 1 amide bonds. The minimum absolute atomic E-state index is 0. The molecular formula is C17H20BrClN2O2. The number of amides is 1. The fraction of sp³-hybridized carbons (Fsp3) is 0.353. The Labute approximate surface area is 150 Å². The summed E-state index contributed by atoms with van der Waals surface area (Å²) in [6, 6.07) is 12.3. The first-order valence-corrected chi connectivity index (χ1v) is 8.32. The molecule has 2 N–H and O–H groups in total. The topological polar surface area (TPSA) is 50.4 Å². The molecule has 1 saturated heterocycles. The third kappa shape index (κ3) is 5.09. The number of ether oxygens (including phenoxy) is 1. The van der Waals surface area contributed by atoms with Crippen LogP contribution < -0.4 is 15.4 Å². The maximum Gasteiger partial charge on any atom is 0.257 e. The molecule has 2 aromatic rings. The van der Waals surface area contributed by atoms with Crippen LogP contribution in [0.2, 0.25) is 0 Å². The fourth-order valence-electron chi connectivity index (χ4n) is 2.65. The van der Waals surface area contributed by atoms with E-state index < -0.39 is 0 Å². The zero-order valence-corrected chi connectivity index (χ0v) is 15.1. The highest BCUT2D eigenvalue weighted by Crippen LogP contribution is 2.24. The van der Waals surface area contributed by atoms with E-state index in [0.717, 1.165) is 28.2 Å². The molecule has 1 heterocycles. The van der Waals surface area contributed by atoms with Gasteiger partial charge in [0.15, 0.2) is 6.61 Å². The molecule has 2 aromatic carbocycles. The highest BCUT2D eigenvalue weighted by Gasteiger charge is 2.14. The van der Waals surface area contributed by atoms with Gasteiger partial charge in [0.2, 0.25) is 0 Å². The van der Waals surface area contributed by atoms with Crippen LogP contribution in [-0.4, -0.2) is 31.6 Å². The lowest BCUT2D eigenvalue weighted by Gasteiger charge is -2.12. The molecule has 124 valence electrons. The number of hydrogen-bond acceptors (Lipinski definition) is 3.